The number of aliphatic hydroxyl groups is 1. The molecule has 7 nitrogen and oxygen atoms in total. The number of hydrogen-bond donors (Lipinski definition) is 3. The van der Waals surface area contributed by atoms with Crippen LogP contribution in [0.25, 0.3) is 0 Å². The Labute approximate surface area is 246 Å². The van der Waals surface area contributed by atoms with Crippen LogP contribution in [0.5, 0.6) is 5.75 Å². The number of phenols is 1. The second-order valence-corrected chi connectivity index (χ2v) is 13.0. The summed E-state index contributed by atoms with van der Waals surface area (Å²) in [5, 5.41) is 23.8. The third kappa shape index (κ3) is 6.93. The van der Waals surface area contributed by atoms with Gasteiger partial charge in [-0.2, -0.15) is 0 Å². The number of aryl methyl sites for hydroxylation is 2. The van der Waals surface area contributed by atoms with Crippen molar-refractivity contribution in [2.45, 2.75) is 76.7 Å². The predicted molar refractivity (Wildman–Crippen MR) is 162 cm³/mol. The van der Waals surface area contributed by atoms with Gasteiger partial charge in [0, 0.05) is 29.4 Å². The smallest absolute Gasteiger partial charge is 0.349 e. The van der Waals surface area contributed by atoms with Crippen LogP contribution in [0.4, 0.5) is 5.69 Å². The fourth-order valence-electron chi connectivity index (χ4n) is 4.91. The van der Waals surface area contributed by atoms with E-state index >= 15 is 0 Å². The zero-order valence-corrected chi connectivity index (χ0v) is 25.3. The number of thioether (sulfide) groups is 1. The van der Waals surface area contributed by atoms with Crippen molar-refractivity contribution in [2.24, 2.45) is 5.92 Å². The average Bonchev–Trinajstić information content (AvgIpc) is 2.91. The highest BCUT2D eigenvalue weighted by molar-refractivity contribution is 8.04. The maximum Gasteiger partial charge on any atom is 0.349 e. The van der Waals surface area contributed by atoms with E-state index in [-0.39, 0.29) is 40.1 Å². The van der Waals surface area contributed by atoms with E-state index in [2.05, 4.69) is 31.1 Å². The van der Waals surface area contributed by atoms with Gasteiger partial charge in [-0.05, 0) is 84.2 Å². The third-order valence-electron chi connectivity index (χ3n) is 7.55. The summed E-state index contributed by atoms with van der Waals surface area (Å²) in [5.41, 5.74) is 2.75. The van der Waals surface area contributed by atoms with Crippen LogP contribution in [0, 0.1) is 12.8 Å². The molecule has 2 heterocycles. The van der Waals surface area contributed by atoms with E-state index < -0.39 is 11.6 Å². The lowest BCUT2D eigenvalue weighted by Crippen LogP contribution is -2.44. The first-order chi connectivity index (χ1) is 19.3. The molecule has 3 N–H and O–H groups in total. The van der Waals surface area contributed by atoms with Gasteiger partial charge in [-0.3, -0.25) is 9.78 Å². The summed E-state index contributed by atoms with van der Waals surface area (Å²) in [6.07, 6.45) is 4.54. The van der Waals surface area contributed by atoms with E-state index in [0.717, 1.165) is 21.6 Å². The molecule has 216 valence electrons. The van der Waals surface area contributed by atoms with E-state index in [1.54, 1.807) is 30.5 Å². The summed E-state index contributed by atoms with van der Waals surface area (Å²) < 4.78 is 6.13. The van der Waals surface area contributed by atoms with Crippen LogP contribution in [0.1, 0.15) is 74.5 Å². The molecule has 0 saturated heterocycles. The van der Waals surface area contributed by atoms with Crippen LogP contribution < -0.4 is 5.32 Å². The molecule has 1 aliphatic heterocycles. The Balaban J connectivity index is 1.61. The standard InChI is InChI=1S/C33H38N2O5S/c1-20(2)33(14-13-22-9-11-24(36)12-10-22)18-27(37)29(31(39)40-33)41-28-16-21(3)26(17-25(28)32(4,5)6)35-30(38)23-8-7-15-34-19-23/h7-12,15-17,19-20,36-37H,13-14,18H2,1-6H3,(H,35,38). The number of rotatable bonds is 8. The summed E-state index contributed by atoms with van der Waals surface area (Å²) in [6, 6.07) is 14.3. The molecule has 3 aromatic rings. The number of nitrogens with one attached hydrogen (secondary N) is 1. The largest absolute Gasteiger partial charge is 0.511 e. The van der Waals surface area contributed by atoms with Crippen LogP contribution in [0.15, 0.2) is 76.5 Å². The Hall–Kier alpha value is -3.78. The zero-order valence-electron chi connectivity index (χ0n) is 24.4. The Morgan fingerprint density at radius 2 is 1.85 bits per heavy atom. The molecule has 0 fully saturated rings. The molecule has 1 aliphatic rings. The molecule has 0 saturated carbocycles. The quantitative estimate of drug-likeness (QED) is 0.239. The first-order valence-electron chi connectivity index (χ1n) is 13.8. The van der Waals surface area contributed by atoms with Crippen molar-refractivity contribution >= 4 is 29.3 Å². The lowest BCUT2D eigenvalue weighted by Gasteiger charge is -2.40. The van der Waals surface area contributed by atoms with Crippen molar-refractivity contribution in [1.82, 2.24) is 4.98 Å². The number of anilines is 1. The lowest BCUT2D eigenvalue weighted by molar-refractivity contribution is -0.164. The van der Waals surface area contributed by atoms with Crippen LogP contribution >= 0.6 is 11.8 Å². The second kappa shape index (κ2) is 12.0. The summed E-state index contributed by atoms with van der Waals surface area (Å²) in [7, 11) is 0. The number of carbonyl (C=O) groups is 2. The van der Waals surface area contributed by atoms with Crippen LogP contribution in [-0.2, 0) is 21.4 Å². The number of phenolic OH excluding ortho intramolecular Hbond substituents is 1. The van der Waals surface area contributed by atoms with Crippen molar-refractivity contribution in [3.63, 3.8) is 0 Å². The molecule has 0 spiro atoms. The second-order valence-electron chi connectivity index (χ2n) is 11.9. The van der Waals surface area contributed by atoms with Crippen molar-refractivity contribution in [3.05, 3.63) is 93.8 Å². The monoisotopic (exact) mass is 574 g/mol. The third-order valence-corrected chi connectivity index (χ3v) is 8.72. The Morgan fingerprint density at radius 1 is 1.15 bits per heavy atom. The molecular weight excluding hydrogens is 536 g/mol. The number of carbonyl (C=O) groups excluding carboxylic acids is 2. The number of pyridine rings is 1. The van der Waals surface area contributed by atoms with E-state index in [1.165, 1.54) is 18.0 Å². The molecule has 1 aromatic heterocycles. The van der Waals surface area contributed by atoms with Crippen molar-refractivity contribution in [3.8, 4) is 5.75 Å². The summed E-state index contributed by atoms with van der Waals surface area (Å²) in [6.45, 7) is 12.1. The molecule has 0 bridgehead atoms. The highest BCUT2D eigenvalue weighted by Gasteiger charge is 2.44. The molecule has 8 heteroatoms. The molecule has 1 atom stereocenters. The Morgan fingerprint density at radius 3 is 2.44 bits per heavy atom. The van der Waals surface area contributed by atoms with Gasteiger partial charge in [0.25, 0.3) is 5.91 Å². The van der Waals surface area contributed by atoms with Gasteiger partial charge in [0.05, 0.1) is 5.56 Å². The summed E-state index contributed by atoms with van der Waals surface area (Å²) in [4.78, 5) is 31.3. The van der Waals surface area contributed by atoms with Gasteiger partial charge in [-0.25, -0.2) is 4.79 Å². The molecule has 1 amide bonds. The first kappa shape index (κ1) is 30.2. The number of benzene rings is 2. The molecule has 2 aromatic carbocycles. The number of aromatic hydroxyl groups is 1. The number of ether oxygens (including phenoxy) is 1. The number of nitrogens with zero attached hydrogens (tertiary/aromatic N) is 1. The van der Waals surface area contributed by atoms with E-state index in [4.69, 9.17) is 4.74 Å². The van der Waals surface area contributed by atoms with Gasteiger partial charge in [-0.1, -0.05) is 58.5 Å². The van der Waals surface area contributed by atoms with Crippen molar-refractivity contribution < 1.29 is 24.5 Å². The first-order valence-corrected chi connectivity index (χ1v) is 14.6. The summed E-state index contributed by atoms with van der Waals surface area (Å²) in [5.74, 6) is -0.587. The number of aromatic nitrogens is 1. The average molecular weight is 575 g/mol. The van der Waals surface area contributed by atoms with E-state index in [1.807, 2.05) is 45.0 Å². The van der Waals surface area contributed by atoms with E-state index in [0.29, 0.717) is 24.1 Å². The van der Waals surface area contributed by atoms with Crippen molar-refractivity contribution in [2.75, 3.05) is 5.32 Å². The number of hydrogen-bond acceptors (Lipinski definition) is 7. The minimum Gasteiger partial charge on any atom is -0.511 e. The molecule has 0 radical (unpaired) electrons. The van der Waals surface area contributed by atoms with E-state index in [9.17, 15) is 19.8 Å². The fourth-order valence-corrected chi connectivity index (χ4v) is 6.15. The Bertz CT molecular complexity index is 1460. The zero-order chi connectivity index (χ0) is 29.9. The Kier molecular flexibility index (Phi) is 8.83. The summed E-state index contributed by atoms with van der Waals surface area (Å²) >= 11 is 1.21. The van der Waals surface area contributed by atoms with Gasteiger partial charge >= 0.3 is 5.97 Å². The highest BCUT2D eigenvalue weighted by Crippen LogP contribution is 2.46. The topological polar surface area (TPSA) is 109 Å². The fraction of sp³-hybridized carbons (Fsp3) is 0.364. The van der Waals surface area contributed by atoms with Crippen LogP contribution in [0.2, 0.25) is 0 Å². The molecular formula is C33H38N2O5S. The van der Waals surface area contributed by atoms with Gasteiger partial charge in [0.15, 0.2) is 0 Å². The minimum absolute atomic E-state index is 0.0210. The molecule has 41 heavy (non-hydrogen) atoms. The van der Waals surface area contributed by atoms with Crippen LogP contribution in [0.3, 0.4) is 0 Å². The lowest BCUT2D eigenvalue weighted by atomic mass is 9.80. The van der Waals surface area contributed by atoms with Gasteiger partial charge < -0.3 is 20.3 Å². The maximum absolute atomic E-state index is 13.4. The van der Waals surface area contributed by atoms with Gasteiger partial charge in [0.2, 0.25) is 0 Å². The number of aliphatic hydroxyl groups excluding tert-OH is 1. The van der Waals surface area contributed by atoms with Gasteiger partial charge in [0.1, 0.15) is 22.0 Å². The number of amides is 1. The number of cyclic esters (lactones) is 1. The van der Waals surface area contributed by atoms with Gasteiger partial charge in [-0.15, -0.1) is 0 Å². The predicted octanol–water partition coefficient (Wildman–Crippen LogP) is 7.48. The SMILES string of the molecule is Cc1cc(SC2=C(O)CC(CCc3ccc(O)cc3)(C(C)C)OC2=O)c(C(C)(C)C)cc1NC(=O)c1cccnc1. The normalized spacial score (nSPS) is 17.5. The number of esters is 1. The molecule has 0 aliphatic carbocycles. The van der Waals surface area contributed by atoms with Crippen LogP contribution in [-0.4, -0.2) is 32.7 Å². The molecule has 4 rings (SSSR count). The maximum atomic E-state index is 13.4. The van der Waals surface area contributed by atoms with Crippen molar-refractivity contribution in [1.29, 1.82) is 0 Å². The minimum atomic E-state index is -0.841. The highest BCUT2D eigenvalue weighted by atomic mass is 32.2. The molecule has 1 unspecified atom stereocenters.